The summed E-state index contributed by atoms with van der Waals surface area (Å²) in [5, 5.41) is 51.8. The van der Waals surface area contributed by atoms with E-state index in [9.17, 15) is 25.7 Å². The van der Waals surface area contributed by atoms with E-state index in [1.165, 1.54) is 0 Å². The Morgan fingerprint density at radius 3 is 2.42 bits per heavy atom. The van der Waals surface area contributed by atoms with Gasteiger partial charge in [-0.1, -0.05) is 23.7 Å². The molecule has 1 aliphatic carbocycles. The predicted molar refractivity (Wildman–Crippen MR) is 117 cm³/mol. The maximum Gasteiger partial charge on any atom is 0.163 e. The third-order valence-electron chi connectivity index (χ3n) is 6.32. The highest BCUT2D eigenvalue weighted by molar-refractivity contribution is 7.84. The van der Waals surface area contributed by atoms with Crippen molar-refractivity contribution in [2.24, 2.45) is 0 Å². The summed E-state index contributed by atoms with van der Waals surface area (Å²) in [5.74, 6) is -0.286. The van der Waals surface area contributed by atoms with Gasteiger partial charge in [-0.05, 0) is 49.0 Å². The zero-order valence-electron chi connectivity index (χ0n) is 16.7. The summed E-state index contributed by atoms with van der Waals surface area (Å²) in [5.41, 5.74) is 3.26. The monoisotopic (exact) mass is 464 g/mol. The lowest BCUT2D eigenvalue weighted by molar-refractivity contribution is -0.255. The second kappa shape index (κ2) is 9.12. The SMILES string of the molecule is N#CC1=C(S)N([C@@H]2O[C@H](CO)[C@H](O)[C@H](O)[C@@H]2O)C2=C(CCCC2)[C@H]1c1ccc(Cl)cc1. The summed E-state index contributed by atoms with van der Waals surface area (Å²) >= 11 is 10.7. The molecule has 7 nitrogen and oxygen atoms in total. The maximum absolute atomic E-state index is 10.7. The van der Waals surface area contributed by atoms with E-state index in [2.05, 4.69) is 18.7 Å². The highest BCUT2D eigenvalue weighted by Gasteiger charge is 2.49. The van der Waals surface area contributed by atoms with Gasteiger partial charge >= 0.3 is 0 Å². The van der Waals surface area contributed by atoms with Crippen molar-refractivity contribution in [1.82, 2.24) is 4.90 Å². The fraction of sp³-hybridized carbons (Fsp3) is 0.500. The molecule has 166 valence electrons. The predicted octanol–water partition coefficient (Wildman–Crippen LogP) is 2.03. The molecule has 0 aromatic heterocycles. The van der Waals surface area contributed by atoms with E-state index >= 15 is 0 Å². The molecule has 6 atom stereocenters. The molecule has 0 saturated carbocycles. The van der Waals surface area contributed by atoms with E-state index in [0.717, 1.165) is 36.1 Å². The largest absolute Gasteiger partial charge is 0.394 e. The van der Waals surface area contributed by atoms with E-state index < -0.39 is 37.3 Å². The van der Waals surface area contributed by atoms with E-state index in [1.54, 1.807) is 17.0 Å². The van der Waals surface area contributed by atoms with Crippen LogP contribution in [-0.2, 0) is 4.74 Å². The Bertz CT molecular complexity index is 942. The van der Waals surface area contributed by atoms with Gasteiger partial charge in [-0.25, -0.2) is 0 Å². The fourth-order valence-electron chi connectivity index (χ4n) is 4.77. The van der Waals surface area contributed by atoms with Crippen molar-refractivity contribution in [2.75, 3.05) is 6.61 Å². The van der Waals surface area contributed by atoms with Crippen molar-refractivity contribution in [3.63, 3.8) is 0 Å². The van der Waals surface area contributed by atoms with Crippen LogP contribution in [0.25, 0.3) is 0 Å². The molecule has 1 aromatic rings. The van der Waals surface area contributed by atoms with Gasteiger partial charge in [0.1, 0.15) is 24.4 Å². The zero-order chi connectivity index (χ0) is 22.3. The Balaban J connectivity index is 1.82. The topological polar surface area (TPSA) is 117 Å². The Labute approximate surface area is 191 Å². The molecule has 4 rings (SSSR count). The molecule has 2 heterocycles. The van der Waals surface area contributed by atoms with Gasteiger partial charge in [0.05, 0.1) is 23.3 Å². The molecule has 1 aromatic carbocycles. The lowest BCUT2D eigenvalue weighted by atomic mass is 9.76. The average molecular weight is 465 g/mol. The number of thiol groups is 1. The standard InChI is InChI=1S/C22H25ClN2O5S/c23-12-7-5-11(6-8-12)17-13-3-1-2-4-15(13)25(22(31)14(17)9-24)21-20(29)19(28)18(27)16(10-26)30-21/h5-8,16-21,26-29,31H,1-4,10H2/t16-,17-,18+,19+,20+,21-/m1/s1. The van der Waals surface area contributed by atoms with Crippen molar-refractivity contribution >= 4 is 24.2 Å². The van der Waals surface area contributed by atoms with Gasteiger partial charge in [-0.15, -0.1) is 12.6 Å². The van der Waals surface area contributed by atoms with Crippen LogP contribution in [0.4, 0.5) is 0 Å². The third-order valence-corrected chi connectivity index (χ3v) is 7.03. The van der Waals surface area contributed by atoms with Crippen LogP contribution < -0.4 is 0 Å². The highest BCUT2D eigenvalue weighted by atomic mass is 35.5. The molecule has 3 aliphatic rings. The number of ether oxygens (including phenoxy) is 1. The minimum atomic E-state index is -1.51. The van der Waals surface area contributed by atoms with Crippen molar-refractivity contribution in [1.29, 1.82) is 5.26 Å². The summed E-state index contributed by atoms with van der Waals surface area (Å²) in [4.78, 5) is 1.66. The molecule has 0 unspecified atom stereocenters. The molecule has 31 heavy (non-hydrogen) atoms. The summed E-state index contributed by atoms with van der Waals surface area (Å²) in [6.07, 6.45) is -3.22. The highest BCUT2D eigenvalue weighted by Crippen LogP contribution is 2.49. The summed E-state index contributed by atoms with van der Waals surface area (Å²) in [6.45, 7) is -0.523. The summed E-state index contributed by atoms with van der Waals surface area (Å²) < 4.78 is 5.81. The smallest absolute Gasteiger partial charge is 0.163 e. The number of aliphatic hydroxyl groups excluding tert-OH is 4. The van der Waals surface area contributed by atoms with E-state index in [0.29, 0.717) is 22.0 Å². The second-order valence-electron chi connectivity index (χ2n) is 8.10. The first kappa shape index (κ1) is 22.6. The van der Waals surface area contributed by atoms with Gasteiger partial charge < -0.3 is 30.1 Å². The Morgan fingerprint density at radius 1 is 1.10 bits per heavy atom. The molecule has 1 fully saturated rings. The van der Waals surface area contributed by atoms with Gasteiger partial charge in [0.25, 0.3) is 0 Å². The molecule has 9 heteroatoms. The van der Waals surface area contributed by atoms with Crippen LogP contribution >= 0.6 is 24.2 Å². The van der Waals surface area contributed by atoms with Crippen molar-refractivity contribution in [3.8, 4) is 6.07 Å². The van der Waals surface area contributed by atoms with Crippen LogP contribution in [0.5, 0.6) is 0 Å². The Hall–Kier alpha value is -1.57. The van der Waals surface area contributed by atoms with Crippen LogP contribution in [0.15, 0.2) is 46.1 Å². The molecular formula is C22H25ClN2O5S. The van der Waals surface area contributed by atoms with Gasteiger partial charge in [-0.2, -0.15) is 5.26 Å². The van der Waals surface area contributed by atoms with Crippen molar-refractivity contribution in [2.45, 2.75) is 62.2 Å². The van der Waals surface area contributed by atoms with Gasteiger partial charge in [0.15, 0.2) is 6.23 Å². The minimum Gasteiger partial charge on any atom is -0.394 e. The van der Waals surface area contributed by atoms with Crippen LogP contribution in [0.2, 0.25) is 5.02 Å². The number of hydrogen-bond acceptors (Lipinski definition) is 8. The quantitative estimate of drug-likeness (QED) is 0.434. The number of benzene rings is 1. The third kappa shape index (κ3) is 3.89. The molecule has 0 amide bonds. The molecule has 0 bridgehead atoms. The van der Waals surface area contributed by atoms with Gasteiger partial charge in [-0.3, -0.25) is 0 Å². The van der Waals surface area contributed by atoms with Crippen molar-refractivity contribution in [3.05, 3.63) is 56.7 Å². The van der Waals surface area contributed by atoms with Crippen LogP contribution in [0, 0.1) is 11.3 Å². The summed E-state index contributed by atoms with van der Waals surface area (Å²) in [7, 11) is 0. The number of allylic oxidation sites excluding steroid dienone is 3. The normalized spacial score (nSPS) is 33.9. The van der Waals surface area contributed by atoms with E-state index in [1.807, 2.05) is 12.1 Å². The van der Waals surface area contributed by atoms with Crippen LogP contribution in [0.3, 0.4) is 0 Å². The number of rotatable bonds is 3. The molecule has 2 aliphatic heterocycles. The lowest BCUT2D eigenvalue weighted by Crippen LogP contribution is -2.63. The van der Waals surface area contributed by atoms with Crippen LogP contribution in [0.1, 0.15) is 37.2 Å². The Kier molecular flexibility index (Phi) is 6.65. The summed E-state index contributed by atoms with van der Waals surface area (Å²) in [6, 6.07) is 9.65. The molecule has 4 N–H and O–H groups in total. The van der Waals surface area contributed by atoms with E-state index in [-0.39, 0.29) is 5.92 Å². The molecule has 0 radical (unpaired) electrons. The Morgan fingerprint density at radius 2 is 1.77 bits per heavy atom. The zero-order valence-corrected chi connectivity index (χ0v) is 18.4. The molecular weight excluding hydrogens is 440 g/mol. The number of nitriles is 1. The van der Waals surface area contributed by atoms with Crippen LogP contribution in [-0.4, -0.2) is 62.6 Å². The lowest BCUT2D eigenvalue weighted by Gasteiger charge is -2.49. The fourth-order valence-corrected chi connectivity index (χ4v) is 5.31. The number of aliphatic hydroxyl groups is 4. The van der Waals surface area contributed by atoms with Crippen molar-refractivity contribution < 1.29 is 25.2 Å². The minimum absolute atomic E-state index is 0.286. The number of nitrogens with zero attached hydrogens (tertiary/aromatic N) is 2. The van der Waals surface area contributed by atoms with Gasteiger partial charge in [0, 0.05) is 16.6 Å². The average Bonchev–Trinajstić information content (AvgIpc) is 2.78. The number of halogens is 1. The first-order valence-electron chi connectivity index (χ1n) is 10.3. The van der Waals surface area contributed by atoms with E-state index in [4.69, 9.17) is 16.3 Å². The molecule has 1 saturated heterocycles. The van der Waals surface area contributed by atoms with Gasteiger partial charge in [0.2, 0.25) is 0 Å². The second-order valence-corrected chi connectivity index (χ2v) is 8.96. The number of hydrogen-bond donors (Lipinski definition) is 5. The first-order chi connectivity index (χ1) is 14.9. The molecule has 0 spiro atoms. The first-order valence-corrected chi connectivity index (χ1v) is 11.1. The maximum atomic E-state index is 10.7.